The first-order valence-electron chi connectivity index (χ1n) is 6.46. The van der Waals surface area contributed by atoms with Crippen molar-refractivity contribution >= 4 is 17.8 Å². The van der Waals surface area contributed by atoms with Crippen molar-refractivity contribution in [2.75, 3.05) is 6.54 Å². The molecule has 1 unspecified atom stereocenters. The van der Waals surface area contributed by atoms with Gasteiger partial charge in [0.1, 0.15) is 6.04 Å². The van der Waals surface area contributed by atoms with E-state index in [1.54, 1.807) is 0 Å². The minimum absolute atomic E-state index is 0.0934. The summed E-state index contributed by atoms with van der Waals surface area (Å²) in [5, 5.41) is 23.1. The zero-order valence-electron chi connectivity index (χ0n) is 10.7. The van der Waals surface area contributed by atoms with E-state index in [0.29, 0.717) is 0 Å². The lowest BCUT2D eigenvalue weighted by Crippen LogP contribution is -2.42. The Morgan fingerprint density at radius 3 is 2.58 bits per heavy atom. The molecule has 0 bridgehead atoms. The molecule has 0 aromatic rings. The van der Waals surface area contributed by atoms with E-state index in [1.165, 1.54) is 0 Å². The number of hydrogen-bond acceptors (Lipinski definition) is 4. The van der Waals surface area contributed by atoms with Gasteiger partial charge < -0.3 is 20.8 Å². The van der Waals surface area contributed by atoms with Gasteiger partial charge in [-0.2, -0.15) is 0 Å². The van der Waals surface area contributed by atoms with E-state index in [0.717, 1.165) is 19.4 Å². The van der Waals surface area contributed by atoms with Gasteiger partial charge in [0.15, 0.2) is 0 Å². The van der Waals surface area contributed by atoms with Gasteiger partial charge >= 0.3 is 11.9 Å². The quantitative estimate of drug-likeness (QED) is 0.492. The third-order valence-corrected chi connectivity index (χ3v) is 3.11. The first kappa shape index (κ1) is 15.4. The van der Waals surface area contributed by atoms with Gasteiger partial charge in [-0.05, 0) is 32.2 Å². The third-order valence-electron chi connectivity index (χ3n) is 3.11. The Bertz CT molecular complexity index is 339. The number of carbonyl (C=O) groups is 3. The minimum Gasteiger partial charge on any atom is -0.481 e. The number of rotatable bonds is 8. The van der Waals surface area contributed by atoms with Crippen LogP contribution in [0.4, 0.5) is 0 Å². The number of aliphatic carboxylic acids is 2. The standard InChI is InChI=1S/C12H20N2O5/c15-10(7-8-3-2-6-13-8)14-9(12(18)19)4-1-5-11(16)17/h8-9,13H,1-7H2,(H,14,15)(H,16,17)(H,18,19)/t8?,9-/m1/s1. The summed E-state index contributed by atoms with van der Waals surface area (Å²) in [6, 6.07) is -0.887. The monoisotopic (exact) mass is 272 g/mol. The van der Waals surface area contributed by atoms with Gasteiger partial charge in [0, 0.05) is 18.9 Å². The van der Waals surface area contributed by atoms with Crippen LogP contribution < -0.4 is 10.6 Å². The number of amides is 1. The highest BCUT2D eigenvalue weighted by Crippen LogP contribution is 2.09. The summed E-state index contributed by atoms with van der Waals surface area (Å²) in [5.41, 5.74) is 0. The Morgan fingerprint density at radius 2 is 2.05 bits per heavy atom. The number of carboxylic acid groups (broad SMARTS) is 2. The van der Waals surface area contributed by atoms with Crippen LogP contribution in [-0.4, -0.2) is 46.7 Å². The first-order valence-corrected chi connectivity index (χ1v) is 6.46. The largest absolute Gasteiger partial charge is 0.481 e. The molecule has 19 heavy (non-hydrogen) atoms. The molecule has 7 heteroatoms. The molecule has 0 spiro atoms. The highest BCUT2D eigenvalue weighted by atomic mass is 16.4. The van der Waals surface area contributed by atoms with Crippen LogP contribution in [0.25, 0.3) is 0 Å². The van der Waals surface area contributed by atoms with Crippen molar-refractivity contribution in [3.8, 4) is 0 Å². The SMILES string of the molecule is O=C(O)CCC[C@@H](NC(=O)CC1CCCN1)C(=O)O. The van der Waals surface area contributed by atoms with Gasteiger partial charge in [-0.15, -0.1) is 0 Å². The van der Waals surface area contributed by atoms with Crippen molar-refractivity contribution in [3.05, 3.63) is 0 Å². The smallest absolute Gasteiger partial charge is 0.326 e. The second-order valence-electron chi connectivity index (χ2n) is 4.74. The van der Waals surface area contributed by atoms with Crippen molar-refractivity contribution in [2.45, 2.75) is 50.6 Å². The van der Waals surface area contributed by atoms with Crippen LogP contribution in [-0.2, 0) is 14.4 Å². The summed E-state index contributed by atoms with van der Waals surface area (Å²) >= 11 is 0. The van der Waals surface area contributed by atoms with Crippen LogP contribution >= 0.6 is 0 Å². The molecule has 0 radical (unpaired) electrons. The molecule has 1 heterocycles. The zero-order valence-corrected chi connectivity index (χ0v) is 10.7. The van der Waals surface area contributed by atoms with Crippen LogP contribution in [0.15, 0.2) is 0 Å². The van der Waals surface area contributed by atoms with Crippen molar-refractivity contribution in [1.82, 2.24) is 10.6 Å². The van der Waals surface area contributed by atoms with E-state index in [4.69, 9.17) is 10.2 Å². The number of nitrogens with one attached hydrogen (secondary N) is 2. The summed E-state index contributed by atoms with van der Waals surface area (Å²) in [5.74, 6) is -2.40. The molecule has 0 aromatic heterocycles. The van der Waals surface area contributed by atoms with Gasteiger partial charge in [-0.1, -0.05) is 0 Å². The molecule has 1 fully saturated rings. The van der Waals surface area contributed by atoms with E-state index < -0.39 is 18.0 Å². The second kappa shape index (κ2) is 7.73. The lowest BCUT2D eigenvalue weighted by molar-refractivity contribution is -0.142. The molecule has 1 saturated heterocycles. The molecule has 0 aromatic carbocycles. The Kier molecular flexibility index (Phi) is 6.27. The highest BCUT2D eigenvalue weighted by molar-refractivity contribution is 5.83. The topological polar surface area (TPSA) is 116 Å². The Labute approximate surface area is 111 Å². The molecule has 4 N–H and O–H groups in total. The molecule has 7 nitrogen and oxygen atoms in total. The van der Waals surface area contributed by atoms with E-state index in [9.17, 15) is 14.4 Å². The fraction of sp³-hybridized carbons (Fsp3) is 0.750. The van der Waals surface area contributed by atoms with Gasteiger partial charge in [0.2, 0.25) is 5.91 Å². The van der Waals surface area contributed by atoms with Gasteiger partial charge in [-0.25, -0.2) is 4.79 Å². The maximum absolute atomic E-state index is 11.7. The van der Waals surface area contributed by atoms with Crippen molar-refractivity contribution < 1.29 is 24.6 Å². The molecular formula is C12H20N2O5. The van der Waals surface area contributed by atoms with E-state index in [2.05, 4.69) is 10.6 Å². The molecule has 108 valence electrons. The summed E-state index contributed by atoms with van der Waals surface area (Å²) in [7, 11) is 0. The van der Waals surface area contributed by atoms with Gasteiger partial charge in [0.05, 0.1) is 0 Å². The summed E-state index contributed by atoms with van der Waals surface area (Å²) in [6.07, 6.45) is 2.48. The van der Waals surface area contributed by atoms with Crippen LogP contribution in [0.2, 0.25) is 0 Å². The molecular weight excluding hydrogens is 252 g/mol. The van der Waals surface area contributed by atoms with Crippen LogP contribution in [0.5, 0.6) is 0 Å². The molecule has 0 saturated carbocycles. The number of hydrogen-bond donors (Lipinski definition) is 4. The van der Waals surface area contributed by atoms with Crippen LogP contribution in [0.1, 0.15) is 38.5 Å². The molecule has 1 aliphatic heterocycles. The third kappa shape index (κ3) is 6.19. The lowest BCUT2D eigenvalue weighted by atomic mass is 10.1. The molecule has 2 atom stereocenters. The Morgan fingerprint density at radius 1 is 1.32 bits per heavy atom. The lowest BCUT2D eigenvalue weighted by Gasteiger charge is -2.16. The summed E-state index contributed by atoms with van der Waals surface area (Å²) in [6.45, 7) is 0.888. The van der Waals surface area contributed by atoms with Crippen LogP contribution in [0.3, 0.4) is 0 Å². The molecule has 1 rings (SSSR count). The van der Waals surface area contributed by atoms with Crippen LogP contribution in [0, 0.1) is 0 Å². The first-order chi connectivity index (χ1) is 8.99. The van der Waals surface area contributed by atoms with Gasteiger partial charge in [0.25, 0.3) is 0 Å². The van der Waals surface area contributed by atoms with E-state index in [1.807, 2.05) is 0 Å². The zero-order chi connectivity index (χ0) is 14.3. The fourth-order valence-electron chi connectivity index (χ4n) is 2.12. The molecule has 1 amide bonds. The predicted octanol–water partition coefficient (Wildman–Crippen LogP) is -0.0472. The number of carbonyl (C=O) groups excluding carboxylic acids is 1. The van der Waals surface area contributed by atoms with Crippen molar-refractivity contribution in [1.29, 1.82) is 0 Å². The van der Waals surface area contributed by atoms with Gasteiger partial charge in [-0.3, -0.25) is 9.59 Å². The number of carboxylic acids is 2. The second-order valence-corrected chi connectivity index (χ2v) is 4.74. The fourth-order valence-corrected chi connectivity index (χ4v) is 2.12. The maximum Gasteiger partial charge on any atom is 0.326 e. The average Bonchev–Trinajstić information content (AvgIpc) is 2.79. The minimum atomic E-state index is -1.13. The van der Waals surface area contributed by atoms with Crippen molar-refractivity contribution in [2.24, 2.45) is 0 Å². The normalized spacial score (nSPS) is 19.9. The van der Waals surface area contributed by atoms with E-state index >= 15 is 0 Å². The summed E-state index contributed by atoms with van der Waals surface area (Å²) < 4.78 is 0. The summed E-state index contributed by atoms with van der Waals surface area (Å²) in [4.78, 5) is 33.0. The van der Waals surface area contributed by atoms with Crippen molar-refractivity contribution in [3.63, 3.8) is 0 Å². The molecule has 0 aliphatic carbocycles. The maximum atomic E-state index is 11.7. The average molecular weight is 272 g/mol. The highest BCUT2D eigenvalue weighted by Gasteiger charge is 2.23. The Hall–Kier alpha value is -1.63. The Balaban J connectivity index is 2.32. The molecule has 1 aliphatic rings. The predicted molar refractivity (Wildman–Crippen MR) is 66.7 cm³/mol. The van der Waals surface area contributed by atoms with E-state index in [-0.39, 0.29) is 37.6 Å².